The van der Waals surface area contributed by atoms with Crippen molar-refractivity contribution in [1.82, 2.24) is 5.32 Å². The highest BCUT2D eigenvalue weighted by atomic mass is 32.2. The molecule has 0 atom stereocenters. The Balaban J connectivity index is 1.52. The van der Waals surface area contributed by atoms with Gasteiger partial charge in [-0.2, -0.15) is 0 Å². The van der Waals surface area contributed by atoms with Crippen molar-refractivity contribution in [3.8, 4) is 0 Å². The van der Waals surface area contributed by atoms with Crippen LogP contribution in [0.15, 0.2) is 53.4 Å². The summed E-state index contributed by atoms with van der Waals surface area (Å²) in [5.74, 6) is 0.278. The van der Waals surface area contributed by atoms with Gasteiger partial charge in [-0.1, -0.05) is 26.2 Å². The SMILES string of the molecule is CCCCCCNC(=O)Nc1ccc(S(=O)(=O)Nc2ccc(N3CCC(=O)CC3)cc2)cc1. The summed E-state index contributed by atoms with van der Waals surface area (Å²) in [4.78, 5) is 25.6. The van der Waals surface area contributed by atoms with E-state index in [1.54, 1.807) is 24.3 Å². The van der Waals surface area contributed by atoms with E-state index >= 15 is 0 Å². The van der Waals surface area contributed by atoms with Crippen molar-refractivity contribution < 1.29 is 18.0 Å². The van der Waals surface area contributed by atoms with Gasteiger partial charge in [-0.05, 0) is 55.0 Å². The molecule has 0 unspecified atom stereocenters. The maximum Gasteiger partial charge on any atom is 0.319 e. The number of hydrogen-bond acceptors (Lipinski definition) is 5. The lowest BCUT2D eigenvalue weighted by Crippen LogP contribution is -2.33. The van der Waals surface area contributed by atoms with Crippen LogP contribution in [0.25, 0.3) is 0 Å². The maximum atomic E-state index is 12.7. The number of amides is 2. The minimum atomic E-state index is -3.76. The first-order chi connectivity index (χ1) is 15.9. The number of urea groups is 1. The molecule has 3 N–H and O–H groups in total. The fourth-order valence-electron chi connectivity index (χ4n) is 3.62. The van der Waals surface area contributed by atoms with Gasteiger partial charge in [0.2, 0.25) is 0 Å². The van der Waals surface area contributed by atoms with E-state index in [0.29, 0.717) is 43.9 Å². The summed E-state index contributed by atoms with van der Waals surface area (Å²) in [7, 11) is -3.76. The largest absolute Gasteiger partial charge is 0.371 e. The Labute approximate surface area is 195 Å². The molecule has 1 aliphatic rings. The molecule has 0 radical (unpaired) electrons. The Hall–Kier alpha value is -3.07. The van der Waals surface area contributed by atoms with E-state index in [1.807, 2.05) is 12.1 Å². The number of hydrogen-bond donors (Lipinski definition) is 3. The molecule has 3 rings (SSSR count). The second-order valence-electron chi connectivity index (χ2n) is 8.14. The molecule has 2 aromatic rings. The van der Waals surface area contributed by atoms with Crippen LogP contribution < -0.4 is 20.3 Å². The molecule has 1 saturated heterocycles. The number of sulfonamides is 1. The average molecular weight is 473 g/mol. The second kappa shape index (κ2) is 11.7. The smallest absolute Gasteiger partial charge is 0.319 e. The quantitative estimate of drug-likeness (QED) is 0.446. The van der Waals surface area contributed by atoms with Crippen molar-refractivity contribution in [1.29, 1.82) is 0 Å². The number of piperidine rings is 1. The third-order valence-electron chi connectivity index (χ3n) is 5.54. The molecule has 0 bridgehead atoms. The monoisotopic (exact) mass is 472 g/mol. The number of carbonyl (C=O) groups is 2. The van der Waals surface area contributed by atoms with Crippen LogP contribution in [0.1, 0.15) is 45.4 Å². The zero-order chi connectivity index (χ0) is 23.7. The standard InChI is InChI=1S/C24H32N4O4S/c1-2-3-4-5-16-25-24(30)26-19-8-12-23(13-9-19)33(31,32)27-20-6-10-21(11-7-20)28-17-14-22(29)15-18-28/h6-13,27H,2-5,14-18H2,1H3,(H2,25,26,30). The van der Waals surface area contributed by atoms with Crippen molar-refractivity contribution in [2.45, 2.75) is 50.3 Å². The average Bonchev–Trinajstić information content (AvgIpc) is 2.80. The first-order valence-corrected chi connectivity index (χ1v) is 12.9. The van der Waals surface area contributed by atoms with Crippen LogP contribution in [0.5, 0.6) is 0 Å². The van der Waals surface area contributed by atoms with E-state index in [0.717, 1.165) is 31.4 Å². The minimum Gasteiger partial charge on any atom is -0.371 e. The van der Waals surface area contributed by atoms with Crippen LogP contribution in [0.2, 0.25) is 0 Å². The third-order valence-corrected chi connectivity index (χ3v) is 6.94. The zero-order valence-electron chi connectivity index (χ0n) is 19.0. The van der Waals surface area contributed by atoms with Gasteiger partial charge in [0.1, 0.15) is 5.78 Å². The second-order valence-corrected chi connectivity index (χ2v) is 9.83. The molecule has 1 fully saturated rings. The highest BCUT2D eigenvalue weighted by Gasteiger charge is 2.17. The van der Waals surface area contributed by atoms with Gasteiger partial charge >= 0.3 is 6.03 Å². The van der Waals surface area contributed by atoms with Crippen LogP contribution >= 0.6 is 0 Å². The first kappa shape index (κ1) is 24.6. The molecule has 0 aliphatic carbocycles. The molecule has 8 nitrogen and oxygen atoms in total. The van der Waals surface area contributed by atoms with E-state index < -0.39 is 10.0 Å². The highest BCUT2D eigenvalue weighted by Crippen LogP contribution is 2.23. The number of unbranched alkanes of at least 4 members (excludes halogenated alkanes) is 3. The Kier molecular flexibility index (Phi) is 8.71. The van der Waals surface area contributed by atoms with Gasteiger partial charge in [0.05, 0.1) is 4.90 Å². The number of nitrogens with zero attached hydrogens (tertiary/aromatic N) is 1. The molecule has 2 amide bonds. The first-order valence-electron chi connectivity index (χ1n) is 11.4. The van der Waals surface area contributed by atoms with Crippen molar-refractivity contribution in [2.75, 3.05) is 34.6 Å². The normalized spacial score (nSPS) is 14.1. The topological polar surface area (TPSA) is 108 Å². The molecule has 0 saturated carbocycles. The van der Waals surface area contributed by atoms with Crippen LogP contribution in [0, 0.1) is 0 Å². The number of Topliss-reactive ketones (excluding diaryl/α,β-unsaturated/α-hetero) is 1. The maximum absolute atomic E-state index is 12.7. The number of nitrogens with one attached hydrogen (secondary N) is 3. The number of benzene rings is 2. The van der Waals surface area contributed by atoms with Gasteiger partial charge in [0.15, 0.2) is 0 Å². The Morgan fingerprint density at radius 1 is 0.909 bits per heavy atom. The highest BCUT2D eigenvalue weighted by molar-refractivity contribution is 7.92. The molecular weight excluding hydrogens is 440 g/mol. The fourth-order valence-corrected chi connectivity index (χ4v) is 4.67. The molecule has 178 valence electrons. The van der Waals surface area contributed by atoms with Gasteiger partial charge < -0.3 is 15.5 Å². The van der Waals surface area contributed by atoms with Crippen molar-refractivity contribution >= 4 is 38.9 Å². The van der Waals surface area contributed by atoms with E-state index in [-0.39, 0.29) is 16.7 Å². The molecule has 1 heterocycles. The van der Waals surface area contributed by atoms with Crippen molar-refractivity contribution in [2.24, 2.45) is 0 Å². The summed E-state index contributed by atoms with van der Waals surface area (Å²) >= 11 is 0. The number of carbonyl (C=O) groups excluding carboxylic acids is 2. The Morgan fingerprint density at radius 2 is 1.55 bits per heavy atom. The fraction of sp³-hybridized carbons (Fsp3) is 0.417. The molecule has 9 heteroatoms. The van der Waals surface area contributed by atoms with Crippen LogP contribution in [0.4, 0.5) is 21.9 Å². The summed E-state index contributed by atoms with van der Waals surface area (Å²) in [6.45, 7) is 4.11. The van der Waals surface area contributed by atoms with E-state index in [2.05, 4.69) is 27.2 Å². The van der Waals surface area contributed by atoms with Crippen molar-refractivity contribution in [3.63, 3.8) is 0 Å². The summed E-state index contributed by atoms with van der Waals surface area (Å²) in [5, 5.41) is 5.51. The predicted molar refractivity (Wildman–Crippen MR) is 131 cm³/mol. The third kappa shape index (κ3) is 7.49. The summed E-state index contributed by atoms with van der Waals surface area (Å²) in [5.41, 5.74) is 1.94. The summed E-state index contributed by atoms with van der Waals surface area (Å²) < 4.78 is 28.0. The van der Waals surface area contributed by atoms with Gasteiger partial charge in [-0.15, -0.1) is 0 Å². The van der Waals surface area contributed by atoms with Gasteiger partial charge in [-0.3, -0.25) is 9.52 Å². The molecule has 0 spiro atoms. The van der Waals surface area contributed by atoms with E-state index in [1.165, 1.54) is 12.1 Å². The van der Waals surface area contributed by atoms with Crippen molar-refractivity contribution in [3.05, 3.63) is 48.5 Å². The minimum absolute atomic E-state index is 0.103. The zero-order valence-corrected chi connectivity index (χ0v) is 19.8. The van der Waals surface area contributed by atoms with Crippen LogP contribution in [-0.2, 0) is 14.8 Å². The molecule has 2 aromatic carbocycles. The molecule has 1 aliphatic heterocycles. The lowest BCUT2D eigenvalue weighted by molar-refractivity contribution is -0.119. The van der Waals surface area contributed by atoms with E-state index in [4.69, 9.17) is 0 Å². The van der Waals surface area contributed by atoms with E-state index in [9.17, 15) is 18.0 Å². The van der Waals surface area contributed by atoms with Gasteiger partial charge in [0.25, 0.3) is 10.0 Å². The number of ketones is 1. The predicted octanol–water partition coefficient (Wildman–Crippen LogP) is 4.36. The molecular formula is C24H32N4O4S. The van der Waals surface area contributed by atoms with Gasteiger partial charge in [0, 0.05) is 49.5 Å². The number of rotatable bonds is 10. The summed E-state index contributed by atoms with van der Waals surface area (Å²) in [6, 6.07) is 12.9. The van der Waals surface area contributed by atoms with Crippen LogP contribution in [-0.4, -0.2) is 39.9 Å². The summed E-state index contributed by atoms with van der Waals surface area (Å²) in [6.07, 6.45) is 5.39. The van der Waals surface area contributed by atoms with Crippen LogP contribution in [0.3, 0.4) is 0 Å². The Morgan fingerprint density at radius 3 is 2.18 bits per heavy atom. The lowest BCUT2D eigenvalue weighted by Gasteiger charge is -2.28. The van der Waals surface area contributed by atoms with Gasteiger partial charge in [-0.25, -0.2) is 13.2 Å². The number of anilines is 3. The lowest BCUT2D eigenvalue weighted by atomic mass is 10.1. The molecule has 0 aromatic heterocycles. The Bertz CT molecular complexity index is 1030. The molecule has 33 heavy (non-hydrogen) atoms.